The van der Waals surface area contributed by atoms with Crippen molar-refractivity contribution in [1.29, 1.82) is 0 Å². The lowest BCUT2D eigenvalue weighted by Crippen LogP contribution is -2.26. The van der Waals surface area contributed by atoms with Gasteiger partial charge in [0.15, 0.2) is 0 Å². The van der Waals surface area contributed by atoms with E-state index in [2.05, 4.69) is 5.32 Å². The Balaban J connectivity index is 1.95. The number of primary sulfonamides is 1. The van der Waals surface area contributed by atoms with Crippen LogP contribution in [0, 0.1) is 24.0 Å². The predicted molar refractivity (Wildman–Crippen MR) is 124 cm³/mol. The fourth-order valence-corrected chi connectivity index (χ4v) is 4.01. The molecule has 1 unspecified atom stereocenters. The number of aryl methyl sites for hydroxylation is 2. The Labute approximate surface area is 195 Å². The van der Waals surface area contributed by atoms with Crippen LogP contribution in [0.3, 0.4) is 0 Å². The van der Waals surface area contributed by atoms with Gasteiger partial charge in [-0.05, 0) is 43.2 Å². The fraction of sp³-hybridized carbons (Fsp3) is 0.130. The number of anilines is 1. The highest BCUT2D eigenvalue weighted by Gasteiger charge is 2.28. The van der Waals surface area contributed by atoms with E-state index < -0.39 is 32.9 Å². The Kier molecular flexibility index (Phi) is 7.08. The van der Waals surface area contributed by atoms with Crippen LogP contribution < -0.4 is 10.5 Å². The summed E-state index contributed by atoms with van der Waals surface area (Å²) in [5.41, 5.74) is 0.752. The van der Waals surface area contributed by atoms with Crippen LogP contribution >= 0.6 is 0 Å². The molecule has 0 fully saturated rings. The van der Waals surface area contributed by atoms with Crippen molar-refractivity contribution < 1.29 is 27.7 Å². The second-order valence-corrected chi connectivity index (χ2v) is 9.02. The number of carbonyl (C=O) groups is 2. The smallest absolute Gasteiger partial charge is 0.339 e. The first-order chi connectivity index (χ1) is 16.0. The van der Waals surface area contributed by atoms with Crippen molar-refractivity contribution >= 4 is 33.3 Å². The molecule has 0 saturated carbocycles. The van der Waals surface area contributed by atoms with Crippen LogP contribution in [0.1, 0.15) is 33.2 Å². The minimum absolute atomic E-state index is 0.0653. The van der Waals surface area contributed by atoms with E-state index in [0.29, 0.717) is 16.7 Å². The van der Waals surface area contributed by atoms with Crippen molar-refractivity contribution in [3.8, 4) is 0 Å². The van der Waals surface area contributed by atoms with Crippen molar-refractivity contribution in [1.82, 2.24) is 0 Å². The summed E-state index contributed by atoms with van der Waals surface area (Å²) in [7, 11) is -4.09. The van der Waals surface area contributed by atoms with Crippen molar-refractivity contribution in [3.05, 3.63) is 99.1 Å². The summed E-state index contributed by atoms with van der Waals surface area (Å²) in [6, 6.07) is 16.1. The van der Waals surface area contributed by atoms with Gasteiger partial charge in [0.1, 0.15) is 5.69 Å². The molecule has 0 heterocycles. The standard InChI is InChI=1S/C23H21N3O7S/c1-14-8-11-18(19(12-14)26(29)30)25-22(27)21(16-6-4-3-5-7-16)33-23(28)17-10-9-15(2)20(13-17)34(24,31)32/h3-13,21H,1-2H3,(H,25,27)(H2,24,31,32). The average Bonchev–Trinajstić information content (AvgIpc) is 2.78. The predicted octanol–water partition coefficient (Wildman–Crippen LogP) is 3.40. The first kappa shape index (κ1) is 24.6. The fourth-order valence-electron chi connectivity index (χ4n) is 3.21. The van der Waals surface area contributed by atoms with E-state index in [-0.39, 0.29) is 21.8 Å². The summed E-state index contributed by atoms with van der Waals surface area (Å²) in [5, 5.41) is 19.1. The molecule has 0 bridgehead atoms. The van der Waals surface area contributed by atoms with Gasteiger partial charge in [-0.15, -0.1) is 0 Å². The average molecular weight is 484 g/mol. The van der Waals surface area contributed by atoms with E-state index in [4.69, 9.17) is 9.88 Å². The monoisotopic (exact) mass is 483 g/mol. The van der Waals surface area contributed by atoms with Gasteiger partial charge in [-0.25, -0.2) is 18.4 Å². The highest BCUT2D eigenvalue weighted by molar-refractivity contribution is 7.89. The molecule has 0 radical (unpaired) electrons. The molecule has 0 saturated heterocycles. The lowest BCUT2D eigenvalue weighted by atomic mass is 10.1. The van der Waals surface area contributed by atoms with Gasteiger partial charge in [0.25, 0.3) is 11.6 Å². The summed E-state index contributed by atoms with van der Waals surface area (Å²) < 4.78 is 29.0. The molecule has 0 aliphatic rings. The molecule has 34 heavy (non-hydrogen) atoms. The second kappa shape index (κ2) is 9.81. The molecule has 3 aromatic rings. The van der Waals surface area contributed by atoms with Gasteiger partial charge in [-0.1, -0.05) is 42.5 Å². The number of esters is 1. The highest BCUT2D eigenvalue weighted by Crippen LogP contribution is 2.28. The maximum Gasteiger partial charge on any atom is 0.339 e. The zero-order valence-electron chi connectivity index (χ0n) is 18.2. The lowest BCUT2D eigenvalue weighted by molar-refractivity contribution is -0.384. The van der Waals surface area contributed by atoms with Crippen molar-refractivity contribution in [2.75, 3.05) is 5.32 Å². The maximum atomic E-state index is 13.1. The summed E-state index contributed by atoms with van der Waals surface area (Å²) in [6.45, 7) is 3.19. The third-order valence-electron chi connectivity index (χ3n) is 4.90. The minimum Gasteiger partial charge on any atom is -0.444 e. The van der Waals surface area contributed by atoms with E-state index >= 15 is 0 Å². The topological polar surface area (TPSA) is 159 Å². The Morgan fingerprint density at radius 1 is 1.03 bits per heavy atom. The van der Waals surface area contributed by atoms with Gasteiger partial charge >= 0.3 is 5.97 Å². The number of hydrogen-bond acceptors (Lipinski definition) is 7. The number of rotatable bonds is 7. The number of sulfonamides is 1. The number of ether oxygens (including phenoxy) is 1. The Morgan fingerprint density at radius 2 is 1.71 bits per heavy atom. The maximum absolute atomic E-state index is 13.1. The van der Waals surface area contributed by atoms with Crippen molar-refractivity contribution in [2.24, 2.45) is 5.14 Å². The van der Waals surface area contributed by atoms with Crippen molar-refractivity contribution in [2.45, 2.75) is 24.8 Å². The number of benzene rings is 3. The highest BCUT2D eigenvalue weighted by atomic mass is 32.2. The largest absolute Gasteiger partial charge is 0.444 e. The molecule has 0 spiro atoms. The van der Waals surface area contributed by atoms with E-state index in [1.54, 1.807) is 43.3 Å². The third-order valence-corrected chi connectivity index (χ3v) is 5.96. The van der Waals surface area contributed by atoms with Crippen molar-refractivity contribution in [3.63, 3.8) is 0 Å². The number of nitro benzene ring substituents is 1. The molecule has 0 aromatic heterocycles. The van der Waals surface area contributed by atoms with E-state index in [1.807, 2.05) is 0 Å². The summed E-state index contributed by atoms with van der Waals surface area (Å²) >= 11 is 0. The number of nitrogens with zero attached hydrogens (tertiary/aromatic N) is 1. The quantitative estimate of drug-likeness (QED) is 0.296. The zero-order chi connectivity index (χ0) is 25.0. The molecule has 0 aliphatic heterocycles. The summed E-state index contributed by atoms with van der Waals surface area (Å²) in [5.74, 6) is -1.81. The lowest BCUT2D eigenvalue weighted by Gasteiger charge is -2.18. The van der Waals surface area contributed by atoms with Crippen LogP contribution in [-0.4, -0.2) is 25.2 Å². The first-order valence-corrected chi connectivity index (χ1v) is 11.5. The number of nitrogens with one attached hydrogen (secondary N) is 1. The van der Waals surface area contributed by atoms with Gasteiger partial charge < -0.3 is 10.1 Å². The number of nitro groups is 1. The SMILES string of the molecule is Cc1ccc(NC(=O)C(OC(=O)c2ccc(C)c(S(N)(=O)=O)c2)c2ccccc2)c([N+](=O)[O-])c1. The molecular weight excluding hydrogens is 462 g/mol. The van der Waals surface area contributed by atoms with Gasteiger partial charge in [-0.3, -0.25) is 14.9 Å². The second-order valence-electron chi connectivity index (χ2n) is 7.49. The normalized spacial score (nSPS) is 12.0. The molecule has 1 amide bonds. The summed E-state index contributed by atoms with van der Waals surface area (Å²) in [6.07, 6.45) is -1.48. The molecule has 1 atom stereocenters. The van der Waals surface area contributed by atoms with Crippen LogP contribution in [-0.2, 0) is 19.6 Å². The van der Waals surface area contributed by atoms with Crippen LogP contribution in [0.5, 0.6) is 0 Å². The zero-order valence-corrected chi connectivity index (χ0v) is 19.0. The van der Waals surface area contributed by atoms with Gasteiger partial charge in [0.05, 0.1) is 15.4 Å². The summed E-state index contributed by atoms with van der Waals surface area (Å²) in [4.78, 5) is 36.5. The molecule has 10 nitrogen and oxygen atoms in total. The Bertz CT molecular complexity index is 1370. The van der Waals surface area contributed by atoms with Gasteiger partial charge in [0.2, 0.25) is 16.1 Å². The molecule has 3 rings (SSSR count). The van der Waals surface area contributed by atoms with Gasteiger partial charge in [-0.2, -0.15) is 0 Å². The van der Waals surface area contributed by atoms with Crippen LogP contribution in [0.4, 0.5) is 11.4 Å². The molecule has 0 aliphatic carbocycles. The molecule has 3 aromatic carbocycles. The molecule has 3 N–H and O–H groups in total. The van der Waals surface area contributed by atoms with Crippen LogP contribution in [0.15, 0.2) is 71.6 Å². The van der Waals surface area contributed by atoms with E-state index in [9.17, 15) is 28.1 Å². The number of carbonyl (C=O) groups excluding carboxylic acids is 2. The number of nitrogens with two attached hydrogens (primary N) is 1. The number of amides is 1. The molecule has 11 heteroatoms. The Morgan fingerprint density at radius 3 is 2.32 bits per heavy atom. The Hall–Kier alpha value is -4.09. The molecule has 176 valence electrons. The van der Waals surface area contributed by atoms with Crippen LogP contribution in [0.25, 0.3) is 0 Å². The number of hydrogen-bond donors (Lipinski definition) is 2. The van der Waals surface area contributed by atoms with E-state index in [1.165, 1.54) is 31.2 Å². The van der Waals surface area contributed by atoms with Gasteiger partial charge in [0, 0.05) is 11.6 Å². The van der Waals surface area contributed by atoms with Crippen LogP contribution in [0.2, 0.25) is 0 Å². The third kappa shape index (κ3) is 5.63. The first-order valence-electron chi connectivity index (χ1n) is 9.92. The minimum atomic E-state index is -4.09. The molecular formula is C23H21N3O7S. The van der Waals surface area contributed by atoms with E-state index in [0.717, 1.165) is 6.07 Å².